The molecule has 3 nitrogen and oxygen atoms in total. The Balaban J connectivity index is 2.33. The van der Waals surface area contributed by atoms with Crippen molar-refractivity contribution in [1.82, 2.24) is 10.2 Å². The number of para-hydroxylation sites is 1. The van der Waals surface area contributed by atoms with Crippen molar-refractivity contribution < 1.29 is 4.74 Å². The highest BCUT2D eigenvalue weighted by atomic mass is 16.5. The molecule has 17 heavy (non-hydrogen) atoms. The Hall–Kier alpha value is -1.06. The molecule has 0 amide bonds. The Bertz CT molecular complexity index is 315. The van der Waals surface area contributed by atoms with Gasteiger partial charge in [0.15, 0.2) is 0 Å². The maximum Gasteiger partial charge on any atom is 0.122 e. The Morgan fingerprint density at radius 2 is 2.00 bits per heavy atom. The average molecular weight is 236 g/mol. The first-order valence-corrected chi connectivity index (χ1v) is 6.29. The molecule has 0 unspecified atom stereocenters. The molecule has 1 N–H and O–H groups in total. The van der Waals surface area contributed by atoms with Crippen LogP contribution in [0.4, 0.5) is 0 Å². The van der Waals surface area contributed by atoms with Crippen molar-refractivity contribution in [2.75, 3.05) is 40.3 Å². The maximum absolute atomic E-state index is 5.35. The smallest absolute Gasteiger partial charge is 0.122 e. The molecule has 0 aliphatic carbocycles. The molecule has 0 aromatic heterocycles. The van der Waals surface area contributed by atoms with Gasteiger partial charge < -0.3 is 15.0 Å². The van der Waals surface area contributed by atoms with E-state index < -0.39 is 0 Å². The summed E-state index contributed by atoms with van der Waals surface area (Å²) in [6.07, 6.45) is 1.03. The molecule has 0 atom stereocenters. The summed E-state index contributed by atoms with van der Waals surface area (Å²) in [7, 11) is 3.89. The van der Waals surface area contributed by atoms with Gasteiger partial charge in [-0.2, -0.15) is 0 Å². The quantitative estimate of drug-likeness (QED) is 0.696. The summed E-state index contributed by atoms with van der Waals surface area (Å²) in [5.41, 5.74) is 1.28. The predicted octanol–water partition coefficient (Wildman–Crippen LogP) is 1.78. The third kappa shape index (κ3) is 5.20. The minimum Gasteiger partial charge on any atom is -0.496 e. The van der Waals surface area contributed by atoms with Crippen molar-refractivity contribution >= 4 is 0 Å². The van der Waals surface area contributed by atoms with Gasteiger partial charge in [-0.3, -0.25) is 0 Å². The van der Waals surface area contributed by atoms with Gasteiger partial charge in [-0.15, -0.1) is 0 Å². The highest BCUT2D eigenvalue weighted by molar-refractivity contribution is 5.33. The zero-order valence-electron chi connectivity index (χ0n) is 11.2. The van der Waals surface area contributed by atoms with Crippen LogP contribution in [0.3, 0.4) is 0 Å². The summed E-state index contributed by atoms with van der Waals surface area (Å²) in [6.45, 7) is 6.38. The molecule has 0 fully saturated rings. The van der Waals surface area contributed by atoms with Crippen LogP contribution < -0.4 is 10.1 Å². The van der Waals surface area contributed by atoms with Gasteiger partial charge in [0, 0.05) is 19.6 Å². The number of methoxy groups -OCH3 is 1. The zero-order chi connectivity index (χ0) is 12.5. The first kappa shape index (κ1) is 14.0. The normalized spacial score (nSPS) is 10.8. The third-order valence-electron chi connectivity index (χ3n) is 2.88. The molecule has 1 aromatic rings. The Morgan fingerprint density at radius 3 is 2.71 bits per heavy atom. The van der Waals surface area contributed by atoms with E-state index in [1.54, 1.807) is 7.11 Å². The van der Waals surface area contributed by atoms with E-state index in [2.05, 4.69) is 36.3 Å². The van der Waals surface area contributed by atoms with E-state index in [4.69, 9.17) is 4.74 Å². The summed E-state index contributed by atoms with van der Waals surface area (Å²) in [5, 5.41) is 3.33. The molecule has 0 aliphatic heterocycles. The molecule has 0 radical (unpaired) electrons. The van der Waals surface area contributed by atoms with Gasteiger partial charge in [0.05, 0.1) is 7.11 Å². The van der Waals surface area contributed by atoms with Crippen LogP contribution in [0, 0.1) is 0 Å². The molecule has 0 bridgehead atoms. The van der Waals surface area contributed by atoms with Crippen molar-refractivity contribution in [3.8, 4) is 5.75 Å². The number of hydrogen-bond acceptors (Lipinski definition) is 3. The van der Waals surface area contributed by atoms with Crippen molar-refractivity contribution in [2.24, 2.45) is 0 Å². The van der Waals surface area contributed by atoms with Crippen LogP contribution in [0.1, 0.15) is 12.5 Å². The van der Waals surface area contributed by atoms with Crippen LogP contribution in [-0.4, -0.2) is 45.2 Å². The molecule has 1 aromatic carbocycles. The van der Waals surface area contributed by atoms with Gasteiger partial charge in [-0.1, -0.05) is 25.1 Å². The number of benzene rings is 1. The van der Waals surface area contributed by atoms with E-state index in [-0.39, 0.29) is 0 Å². The minimum atomic E-state index is 0.993. The largest absolute Gasteiger partial charge is 0.496 e. The lowest BCUT2D eigenvalue weighted by atomic mass is 10.1. The fraction of sp³-hybridized carbons (Fsp3) is 0.571. The van der Waals surface area contributed by atoms with Crippen molar-refractivity contribution in [2.45, 2.75) is 13.3 Å². The van der Waals surface area contributed by atoms with Gasteiger partial charge in [0.2, 0.25) is 0 Å². The third-order valence-corrected chi connectivity index (χ3v) is 2.88. The van der Waals surface area contributed by atoms with Gasteiger partial charge in [0.1, 0.15) is 5.75 Å². The molecular formula is C14H24N2O. The fourth-order valence-corrected chi connectivity index (χ4v) is 1.78. The highest BCUT2D eigenvalue weighted by Crippen LogP contribution is 2.17. The summed E-state index contributed by atoms with van der Waals surface area (Å²) in [4.78, 5) is 2.34. The Kier molecular flexibility index (Phi) is 6.67. The number of hydrogen-bond donors (Lipinski definition) is 1. The molecule has 96 valence electrons. The summed E-state index contributed by atoms with van der Waals surface area (Å²) in [5.74, 6) is 0.993. The number of nitrogens with one attached hydrogen (secondary N) is 1. The van der Waals surface area contributed by atoms with Gasteiger partial charge >= 0.3 is 0 Å². The Morgan fingerprint density at radius 1 is 1.24 bits per heavy atom. The number of rotatable bonds is 8. The van der Waals surface area contributed by atoms with Gasteiger partial charge in [0.25, 0.3) is 0 Å². The number of nitrogens with zero attached hydrogens (tertiary/aromatic N) is 1. The molecule has 0 aliphatic rings. The van der Waals surface area contributed by atoms with E-state index in [9.17, 15) is 0 Å². The van der Waals surface area contributed by atoms with Crippen LogP contribution in [0.5, 0.6) is 5.75 Å². The summed E-state index contributed by atoms with van der Waals surface area (Å²) in [6, 6.07) is 8.23. The van der Waals surface area contributed by atoms with Gasteiger partial charge in [-0.25, -0.2) is 0 Å². The fourth-order valence-electron chi connectivity index (χ4n) is 1.78. The molecule has 1 rings (SSSR count). The summed E-state index contributed by atoms with van der Waals surface area (Å²) < 4.78 is 5.35. The molecule has 3 heteroatoms. The standard InChI is InChI=1S/C14H24N2O/c1-4-15-10-12-16(2)11-9-13-7-5-6-8-14(13)17-3/h5-8,15H,4,9-12H2,1-3H3. The van der Waals surface area contributed by atoms with Crippen LogP contribution in [0.15, 0.2) is 24.3 Å². The second kappa shape index (κ2) is 8.09. The Labute approximate surface area is 105 Å². The van der Waals surface area contributed by atoms with Crippen LogP contribution in [0.2, 0.25) is 0 Å². The SMILES string of the molecule is CCNCCN(C)CCc1ccccc1OC. The summed E-state index contributed by atoms with van der Waals surface area (Å²) >= 11 is 0. The lowest BCUT2D eigenvalue weighted by Crippen LogP contribution is -2.30. The molecular weight excluding hydrogens is 212 g/mol. The first-order valence-electron chi connectivity index (χ1n) is 6.29. The van der Waals surface area contributed by atoms with E-state index >= 15 is 0 Å². The van der Waals surface area contributed by atoms with E-state index in [1.807, 2.05) is 12.1 Å². The average Bonchev–Trinajstić information content (AvgIpc) is 2.37. The van der Waals surface area contributed by atoms with E-state index in [1.165, 1.54) is 5.56 Å². The molecule has 0 spiro atoms. The van der Waals surface area contributed by atoms with Crippen molar-refractivity contribution in [3.05, 3.63) is 29.8 Å². The van der Waals surface area contributed by atoms with Crippen LogP contribution >= 0.6 is 0 Å². The second-order valence-corrected chi connectivity index (χ2v) is 4.22. The second-order valence-electron chi connectivity index (χ2n) is 4.22. The number of likely N-dealkylation sites (N-methyl/N-ethyl adjacent to an activating group) is 2. The lowest BCUT2D eigenvalue weighted by molar-refractivity contribution is 0.333. The van der Waals surface area contributed by atoms with Crippen molar-refractivity contribution in [3.63, 3.8) is 0 Å². The zero-order valence-corrected chi connectivity index (χ0v) is 11.2. The topological polar surface area (TPSA) is 24.5 Å². The van der Waals surface area contributed by atoms with Crippen LogP contribution in [-0.2, 0) is 6.42 Å². The predicted molar refractivity (Wildman–Crippen MR) is 72.7 cm³/mol. The van der Waals surface area contributed by atoms with Crippen LogP contribution in [0.25, 0.3) is 0 Å². The lowest BCUT2D eigenvalue weighted by Gasteiger charge is -2.17. The molecule has 0 heterocycles. The number of ether oxygens (including phenoxy) is 1. The minimum absolute atomic E-state index is 0.993. The van der Waals surface area contributed by atoms with E-state index in [0.717, 1.165) is 38.3 Å². The first-order chi connectivity index (χ1) is 8.27. The van der Waals surface area contributed by atoms with Gasteiger partial charge in [-0.05, 0) is 31.6 Å². The van der Waals surface area contributed by atoms with E-state index in [0.29, 0.717) is 0 Å². The molecule has 0 saturated heterocycles. The highest BCUT2D eigenvalue weighted by Gasteiger charge is 2.03. The molecule has 0 saturated carbocycles. The van der Waals surface area contributed by atoms with Crippen molar-refractivity contribution in [1.29, 1.82) is 0 Å². The maximum atomic E-state index is 5.35. The monoisotopic (exact) mass is 236 g/mol.